The fourth-order valence-electron chi connectivity index (χ4n) is 1.36. The van der Waals surface area contributed by atoms with Crippen molar-refractivity contribution in [3.63, 3.8) is 0 Å². The van der Waals surface area contributed by atoms with Crippen LogP contribution in [0, 0.1) is 5.92 Å². The molecule has 0 fully saturated rings. The van der Waals surface area contributed by atoms with Crippen LogP contribution in [-0.2, 0) is 11.3 Å². The van der Waals surface area contributed by atoms with Crippen LogP contribution in [0.4, 0.5) is 0 Å². The fourth-order valence-corrected chi connectivity index (χ4v) is 1.36. The minimum absolute atomic E-state index is 0.0886. The maximum absolute atomic E-state index is 11.4. The zero-order chi connectivity index (χ0) is 12.7. The van der Waals surface area contributed by atoms with Crippen LogP contribution in [0.1, 0.15) is 25.8 Å². The molecular formula is C13H19N3O. The zero-order valence-electron chi connectivity index (χ0n) is 10.3. The number of carbonyl (C=O) groups is 1. The molecule has 0 spiro atoms. The standard InChI is InChI=1S/C13H19N3O/c1-10(2)8-12(17)16-13(14)15-9-11-6-4-3-5-7-11/h3-7,10H,8-9H2,1-2H3,(H3,14,15,16,17). The van der Waals surface area contributed by atoms with E-state index < -0.39 is 0 Å². The highest BCUT2D eigenvalue weighted by Crippen LogP contribution is 2.00. The summed E-state index contributed by atoms with van der Waals surface area (Å²) in [7, 11) is 0. The molecule has 0 aliphatic rings. The number of nitrogens with two attached hydrogens (primary N) is 1. The van der Waals surface area contributed by atoms with E-state index >= 15 is 0 Å². The van der Waals surface area contributed by atoms with Crippen LogP contribution in [0.2, 0.25) is 0 Å². The Morgan fingerprint density at radius 1 is 1.35 bits per heavy atom. The number of aliphatic imine (C=N–C) groups is 1. The van der Waals surface area contributed by atoms with Crippen LogP contribution in [0.3, 0.4) is 0 Å². The lowest BCUT2D eigenvalue weighted by Crippen LogP contribution is -2.37. The molecule has 17 heavy (non-hydrogen) atoms. The number of carbonyl (C=O) groups excluding carboxylic acids is 1. The summed E-state index contributed by atoms with van der Waals surface area (Å²) in [6.07, 6.45) is 0.460. The third-order valence-electron chi connectivity index (χ3n) is 2.14. The van der Waals surface area contributed by atoms with E-state index in [9.17, 15) is 4.79 Å². The molecule has 4 nitrogen and oxygen atoms in total. The normalized spacial score (nSPS) is 11.6. The van der Waals surface area contributed by atoms with Crippen LogP contribution in [0.5, 0.6) is 0 Å². The molecule has 0 bridgehead atoms. The Kier molecular flexibility index (Phi) is 5.20. The maximum Gasteiger partial charge on any atom is 0.226 e. The Hall–Kier alpha value is -1.84. The Bertz CT molecular complexity index is 385. The van der Waals surface area contributed by atoms with Gasteiger partial charge in [-0.2, -0.15) is 0 Å². The number of nitrogens with one attached hydrogen (secondary N) is 1. The highest BCUT2D eigenvalue weighted by molar-refractivity contribution is 5.96. The van der Waals surface area contributed by atoms with Crippen molar-refractivity contribution in [2.24, 2.45) is 16.6 Å². The SMILES string of the molecule is CC(C)CC(=O)NC(N)=NCc1ccccc1. The molecule has 0 saturated carbocycles. The van der Waals surface area contributed by atoms with Gasteiger partial charge in [-0.3, -0.25) is 10.1 Å². The average Bonchev–Trinajstić information content (AvgIpc) is 2.26. The van der Waals surface area contributed by atoms with E-state index in [4.69, 9.17) is 5.73 Å². The third-order valence-corrected chi connectivity index (χ3v) is 2.14. The molecule has 3 N–H and O–H groups in total. The van der Waals surface area contributed by atoms with Crippen LogP contribution in [-0.4, -0.2) is 11.9 Å². The average molecular weight is 233 g/mol. The Labute approximate surface area is 102 Å². The molecule has 1 rings (SSSR count). The second kappa shape index (κ2) is 6.68. The predicted molar refractivity (Wildman–Crippen MR) is 69.4 cm³/mol. The van der Waals surface area contributed by atoms with Crippen molar-refractivity contribution in [1.82, 2.24) is 5.32 Å². The number of rotatable bonds is 4. The van der Waals surface area contributed by atoms with Gasteiger partial charge in [0.15, 0.2) is 5.96 Å². The Balaban J connectivity index is 2.42. The second-order valence-electron chi connectivity index (χ2n) is 4.33. The van der Waals surface area contributed by atoms with Gasteiger partial charge in [0.2, 0.25) is 5.91 Å². The number of hydrogen-bond acceptors (Lipinski definition) is 2. The van der Waals surface area contributed by atoms with Gasteiger partial charge in [-0.25, -0.2) is 4.99 Å². The van der Waals surface area contributed by atoms with Crippen molar-refractivity contribution in [2.75, 3.05) is 0 Å². The summed E-state index contributed by atoms with van der Waals surface area (Å²) in [5, 5.41) is 2.57. The molecule has 0 aliphatic carbocycles. The van der Waals surface area contributed by atoms with Gasteiger partial charge in [-0.15, -0.1) is 0 Å². The molecule has 0 unspecified atom stereocenters. The van der Waals surface area contributed by atoms with Crippen molar-refractivity contribution >= 4 is 11.9 Å². The molecule has 92 valence electrons. The molecule has 0 radical (unpaired) electrons. The quantitative estimate of drug-likeness (QED) is 0.613. The Morgan fingerprint density at radius 2 is 2.00 bits per heavy atom. The monoisotopic (exact) mass is 233 g/mol. The van der Waals surface area contributed by atoms with E-state index in [0.29, 0.717) is 18.9 Å². The summed E-state index contributed by atoms with van der Waals surface area (Å²) in [6.45, 7) is 4.45. The second-order valence-corrected chi connectivity index (χ2v) is 4.33. The molecule has 1 aromatic rings. The lowest BCUT2D eigenvalue weighted by Gasteiger charge is -2.06. The minimum Gasteiger partial charge on any atom is -0.370 e. The first kappa shape index (κ1) is 13.2. The van der Waals surface area contributed by atoms with Gasteiger partial charge < -0.3 is 5.73 Å². The third kappa shape index (κ3) is 5.70. The summed E-state index contributed by atoms with van der Waals surface area (Å²) < 4.78 is 0. The van der Waals surface area contributed by atoms with E-state index in [2.05, 4.69) is 10.3 Å². The van der Waals surface area contributed by atoms with Crippen molar-refractivity contribution < 1.29 is 4.79 Å². The lowest BCUT2D eigenvalue weighted by atomic mass is 10.1. The van der Waals surface area contributed by atoms with E-state index in [-0.39, 0.29) is 11.9 Å². The molecule has 0 atom stereocenters. The number of hydrogen-bond donors (Lipinski definition) is 2. The first-order valence-corrected chi connectivity index (χ1v) is 5.71. The van der Waals surface area contributed by atoms with E-state index in [1.165, 1.54) is 0 Å². The molecule has 0 aromatic heterocycles. The highest BCUT2D eigenvalue weighted by Gasteiger charge is 2.05. The molecule has 1 amide bonds. The van der Waals surface area contributed by atoms with Gasteiger partial charge in [-0.1, -0.05) is 44.2 Å². The molecule has 0 aliphatic heterocycles. The first-order chi connectivity index (χ1) is 8.08. The van der Waals surface area contributed by atoms with Crippen molar-refractivity contribution in [1.29, 1.82) is 0 Å². The predicted octanol–water partition coefficient (Wildman–Crippen LogP) is 1.66. The van der Waals surface area contributed by atoms with Crippen molar-refractivity contribution in [2.45, 2.75) is 26.8 Å². The summed E-state index contributed by atoms with van der Waals surface area (Å²) >= 11 is 0. The molecule has 0 heterocycles. The minimum atomic E-state index is -0.0886. The summed E-state index contributed by atoms with van der Waals surface area (Å²) in [5.74, 6) is 0.408. The summed E-state index contributed by atoms with van der Waals surface area (Å²) in [4.78, 5) is 15.5. The van der Waals surface area contributed by atoms with Crippen molar-refractivity contribution in [3.05, 3.63) is 35.9 Å². The van der Waals surface area contributed by atoms with Gasteiger partial charge >= 0.3 is 0 Å². The molecule has 0 saturated heterocycles. The summed E-state index contributed by atoms with van der Waals surface area (Å²) in [6, 6.07) is 9.76. The number of guanidine groups is 1. The number of nitrogens with zero attached hydrogens (tertiary/aromatic N) is 1. The van der Waals surface area contributed by atoms with Gasteiger partial charge in [0.1, 0.15) is 0 Å². The van der Waals surface area contributed by atoms with Gasteiger partial charge in [-0.05, 0) is 11.5 Å². The van der Waals surface area contributed by atoms with E-state index in [0.717, 1.165) is 5.56 Å². The van der Waals surface area contributed by atoms with Crippen LogP contribution in [0.15, 0.2) is 35.3 Å². The topological polar surface area (TPSA) is 67.5 Å². The summed E-state index contributed by atoms with van der Waals surface area (Å²) in [5.41, 5.74) is 6.68. The number of benzene rings is 1. The van der Waals surface area contributed by atoms with Crippen molar-refractivity contribution in [3.8, 4) is 0 Å². The lowest BCUT2D eigenvalue weighted by molar-refractivity contribution is -0.120. The number of amides is 1. The van der Waals surface area contributed by atoms with Crippen LogP contribution < -0.4 is 11.1 Å². The van der Waals surface area contributed by atoms with E-state index in [1.54, 1.807) is 0 Å². The molecular weight excluding hydrogens is 214 g/mol. The smallest absolute Gasteiger partial charge is 0.226 e. The molecule has 4 heteroatoms. The van der Waals surface area contributed by atoms with Gasteiger partial charge in [0.05, 0.1) is 6.54 Å². The van der Waals surface area contributed by atoms with Crippen LogP contribution in [0.25, 0.3) is 0 Å². The fraction of sp³-hybridized carbons (Fsp3) is 0.385. The first-order valence-electron chi connectivity index (χ1n) is 5.71. The highest BCUT2D eigenvalue weighted by atomic mass is 16.1. The maximum atomic E-state index is 11.4. The Morgan fingerprint density at radius 3 is 2.59 bits per heavy atom. The van der Waals surface area contributed by atoms with E-state index in [1.807, 2.05) is 44.2 Å². The van der Waals surface area contributed by atoms with Gasteiger partial charge in [0, 0.05) is 6.42 Å². The van der Waals surface area contributed by atoms with Gasteiger partial charge in [0.25, 0.3) is 0 Å². The zero-order valence-corrected chi connectivity index (χ0v) is 10.3. The largest absolute Gasteiger partial charge is 0.370 e. The van der Waals surface area contributed by atoms with Crippen LogP contribution >= 0.6 is 0 Å². The molecule has 1 aromatic carbocycles.